The maximum Gasteiger partial charge on any atom is 0.146 e. The third-order valence-electron chi connectivity index (χ3n) is 14.4. The summed E-state index contributed by atoms with van der Waals surface area (Å²) in [6.45, 7) is 15.6. The number of carbonyl (C=O) groups is 2. The Morgan fingerprint density at radius 2 is 1.59 bits per heavy atom. The number of hydrogen-bond donors (Lipinski definition) is 0. The number of Topliss-reactive ketones (excluding diaryl/α,β-unsaturated/α-hetero) is 1. The lowest BCUT2D eigenvalue weighted by Crippen LogP contribution is -2.67. The molecule has 5 aliphatic carbocycles. The third kappa shape index (κ3) is 2.59. The van der Waals surface area contributed by atoms with Crippen LogP contribution in [0.25, 0.3) is 0 Å². The van der Waals surface area contributed by atoms with E-state index in [0.29, 0.717) is 28.6 Å². The van der Waals surface area contributed by atoms with Crippen molar-refractivity contribution in [2.45, 2.75) is 118 Å². The van der Waals surface area contributed by atoms with E-state index in [1.807, 2.05) is 6.92 Å². The molecule has 0 amide bonds. The SMILES string of the molecule is CC[C@]12CCC(C3(C)CO3)C1C1CCC3[C@@]4(C)CCC(=O)[C@@](C)(C=O)[C@@H]4CC[C@@]3(C)[C@]1(C)CC2. The van der Waals surface area contributed by atoms with Crippen LogP contribution in [0.5, 0.6) is 0 Å². The van der Waals surface area contributed by atoms with Gasteiger partial charge in [-0.1, -0.05) is 34.1 Å². The van der Waals surface area contributed by atoms with Gasteiger partial charge < -0.3 is 9.53 Å². The molecular weight excluding hydrogens is 420 g/mol. The number of rotatable bonds is 3. The van der Waals surface area contributed by atoms with Crippen molar-refractivity contribution in [2.24, 2.45) is 56.7 Å². The van der Waals surface area contributed by atoms with E-state index in [1.54, 1.807) is 0 Å². The third-order valence-corrected chi connectivity index (χ3v) is 14.4. The van der Waals surface area contributed by atoms with Gasteiger partial charge in [-0.05, 0) is 123 Å². The molecule has 190 valence electrons. The molecule has 0 bridgehead atoms. The van der Waals surface area contributed by atoms with E-state index in [9.17, 15) is 9.59 Å². The summed E-state index contributed by atoms with van der Waals surface area (Å²) < 4.78 is 6.13. The second-order valence-electron chi connectivity index (χ2n) is 15.0. The van der Waals surface area contributed by atoms with Gasteiger partial charge in [-0.15, -0.1) is 0 Å². The van der Waals surface area contributed by atoms with Crippen LogP contribution >= 0.6 is 0 Å². The van der Waals surface area contributed by atoms with E-state index in [1.165, 1.54) is 51.4 Å². The first-order chi connectivity index (χ1) is 15.9. The van der Waals surface area contributed by atoms with Crippen LogP contribution in [0.15, 0.2) is 0 Å². The Hall–Kier alpha value is -0.700. The van der Waals surface area contributed by atoms with Crippen molar-refractivity contribution in [1.82, 2.24) is 0 Å². The quantitative estimate of drug-likeness (QED) is 0.254. The van der Waals surface area contributed by atoms with Crippen LogP contribution in [0.2, 0.25) is 0 Å². The Balaban J connectivity index is 1.40. The minimum absolute atomic E-state index is 0.102. The van der Waals surface area contributed by atoms with Gasteiger partial charge in [0.1, 0.15) is 12.1 Å². The van der Waals surface area contributed by atoms with Crippen LogP contribution in [0.4, 0.5) is 0 Å². The summed E-state index contributed by atoms with van der Waals surface area (Å²) in [5.74, 6) is 3.36. The van der Waals surface area contributed by atoms with Crippen molar-refractivity contribution in [3.8, 4) is 0 Å². The summed E-state index contributed by atoms with van der Waals surface area (Å²) in [6, 6.07) is 0. The normalized spacial score (nSPS) is 60.5. The van der Waals surface area contributed by atoms with E-state index < -0.39 is 5.41 Å². The highest BCUT2D eigenvalue weighted by Crippen LogP contribution is 2.78. The Morgan fingerprint density at radius 1 is 0.853 bits per heavy atom. The van der Waals surface area contributed by atoms with Gasteiger partial charge in [-0.2, -0.15) is 0 Å². The highest BCUT2D eigenvalue weighted by Gasteiger charge is 2.72. The lowest BCUT2D eigenvalue weighted by Gasteiger charge is -2.72. The fraction of sp³-hybridized carbons (Fsp3) is 0.935. The monoisotopic (exact) mass is 468 g/mol. The van der Waals surface area contributed by atoms with E-state index in [4.69, 9.17) is 4.74 Å². The molecule has 0 aromatic heterocycles. The molecule has 0 spiro atoms. The molecule has 0 aromatic carbocycles. The van der Waals surface area contributed by atoms with E-state index in [2.05, 4.69) is 34.6 Å². The number of ether oxygens (including phenoxy) is 1. The number of aldehydes is 1. The van der Waals surface area contributed by atoms with E-state index in [0.717, 1.165) is 43.5 Å². The second kappa shape index (κ2) is 6.99. The average Bonchev–Trinajstić information content (AvgIpc) is 3.43. The Labute approximate surface area is 207 Å². The van der Waals surface area contributed by atoms with Gasteiger partial charge >= 0.3 is 0 Å². The Bertz CT molecular complexity index is 906. The largest absolute Gasteiger partial charge is 0.370 e. The van der Waals surface area contributed by atoms with Crippen LogP contribution in [0.1, 0.15) is 112 Å². The zero-order valence-corrected chi connectivity index (χ0v) is 22.7. The molecule has 6 rings (SSSR count). The van der Waals surface area contributed by atoms with Gasteiger partial charge in [-0.25, -0.2) is 0 Å². The summed E-state index contributed by atoms with van der Waals surface area (Å²) in [6.07, 6.45) is 14.3. The van der Waals surface area contributed by atoms with Gasteiger partial charge in [0, 0.05) is 6.42 Å². The second-order valence-corrected chi connectivity index (χ2v) is 15.0. The van der Waals surface area contributed by atoms with E-state index >= 15 is 0 Å². The summed E-state index contributed by atoms with van der Waals surface area (Å²) in [5.41, 5.74) is 0.636. The number of carbonyl (C=O) groups excluding carboxylic acids is 2. The van der Waals surface area contributed by atoms with Crippen LogP contribution in [0.3, 0.4) is 0 Å². The molecule has 3 heteroatoms. The highest BCUT2D eigenvalue weighted by molar-refractivity contribution is 5.99. The van der Waals surface area contributed by atoms with Gasteiger partial charge in [-0.3, -0.25) is 4.79 Å². The first kappa shape index (κ1) is 23.7. The minimum Gasteiger partial charge on any atom is -0.370 e. The number of hydrogen-bond acceptors (Lipinski definition) is 3. The number of epoxide rings is 1. The van der Waals surface area contributed by atoms with Crippen molar-refractivity contribution in [3.05, 3.63) is 0 Å². The molecule has 6 aliphatic rings. The molecule has 5 unspecified atom stereocenters. The molecule has 1 saturated heterocycles. The topological polar surface area (TPSA) is 46.7 Å². The maximum atomic E-state index is 13.0. The molecule has 3 nitrogen and oxygen atoms in total. The van der Waals surface area contributed by atoms with Crippen LogP contribution in [-0.4, -0.2) is 24.3 Å². The van der Waals surface area contributed by atoms with Crippen molar-refractivity contribution in [2.75, 3.05) is 6.61 Å². The predicted octanol–water partition coefficient (Wildman–Crippen LogP) is 7.01. The zero-order valence-electron chi connectivity index (χ0n) is 22.7. The van der Waals surface area contributed by atoms with Gasteiger partial charge in [0.2, 0.25) is 0 Å². The molecule has 1 heterocycles. The number of ketones is 1. The predicted molar refractivity (Wildman–Crippen MR) is 134 cm³/mol. The molecule has 0 aromatic rings. The number of fused-ring (bicyclic) bond motifs is 7. The first-order valence-electron chi connectivity index (χ1n) is 14.6. The first-order valence-corrected chi connectivity index (χ1v) is 14.6. The highest BCUT2D eigenvalue weighted by atomic mass is 16.6. The minimum atomic E-state index is -0.773. The maximum absolute atomic E-state index is 13.0. The molecule has 0 N–H and O–H groups in total. The summed E-state index contributed by atoms with van der Waals surface area (Å²) in [7, 11) is 0. The smallest absolute Gasteiger partial charge is 0.146 e. The van der Waals surface area contributed by atoms with Crippen LogP contribution in [-0.2, 0) is 14.3 Å². The summed E-state index contributed by atoms with van der Waals surface area (Å²) in [5, 5.41) is 0. The van der Waals surface area contributed by atoms with Crippen LogP contribution in [0, 0.1) is 56.7 Å². The molecule has 0 radical (unpaired) electrons. The molecule has 6 fully saturated rings. The lowest BCUT2D eigenvalue weighted by molar-refractivity contribution is -0.235. The van der Waals surface area contributed by atoms with Crippen molar-refractivity contribution in [3.63, 3.8) is 0 Å². The van der Waals surface area contributed by atoms with Crippen molar-refractivity contribution in [1.29, 1.82) is 0 Å². The zero-order chi connectivity index (χ0) is 24.4. The summed E-state index contributed by atoms with van der Waals surface area (Å²) in [4.78, 5) is 25.3. The summed E-state index contributed by atoms with van der Waals surface area (Å²) >= 11 is 0. The van der Waals surface area contributed by atoms with Gasteiger partial charge in [0.05, 0.1) is 17.6 Å². The Kier molecular flexibility index (Phi) is 4.87. The fourth-order valence-electron chi connectivity index (χ4n) is 12.0. The molecule has 5 saturated carbocycles. The van der Waals surface area contributed by atoms with Crippen molar-refractivity contribution < 1.29 is 14.3 Å². The van der Waals surface area contributed by atoms with Gasteiger partial charge in [0.25, 0.3) is 0 Å². The molecule has 1 aliphatic heterocycles. The van der Waals surface area contributed by atoms with Crippen molar-refractivity contribution >= 4 is 12.1 Å². The molecule has 11 atom stereocenters. The standard InChI is InChI=1S/C31H48O3/c1-7-31-15-10-21(30(6)19-34-30)25(31)20-8-9-23-26(2)13-12-24(33)27(3,18-32)22(26)11-14-29(23,5)28(20,4)16-17-31/h18,20-23,25H,7-17,19H2,1-6H3/t20?,21?,22-,23?,25?,26+,27+,28-,29-,30?,31-/m1/s1. The molecular formula is C31H48O3. The van der Waals surface area contributed by atoms with Gasteiger partial charge in [0.15, 0.2) is 0 Å². The average molecular weight is 469 g/mol. The fourth-order valence-corrected chi connectivity index (χ4v) is 12.0. The van der Waals surface area contributed by atoms with E-state index in [-0.39, 0.29) is 22.7 Å². The molecule has 34 heavy (non-hydrogen) atoms. The Morgan fingerprint density at radius 3 is 2.24 bits per heavy atom. The lowest BCUT2D eigenvalue weighted by atomic mass is 9.32. The van der Waals surface area contributed by atoms with Crippen LogP contribution < -0.4 is 0 Å².